The van der Waals surface area contributed by atoms with Crippen LogP contribution < -0.4 is 5.32 Å². The van der Waals surface area contributed by atoms with Gasteiger partial charge in [-0.3, -0.25) is 19.8 Å². The van der Waals surface area contributed by atoms with E-state index in [4.69, 9.17) is 39.8 Å². The molecule has 8 heteroatoms. The average molecular weight is 407 g/mol. The number of hydrogen-bond acceptors (Lipinski definition) is 4. The highest BCUT2D eigenvalue weighted by Crippen LogP contribution is 2.32. The largest absolute Gasteiger partial charge is 0.457 e. The molecule has 0 radical (unpaired) electrons. The zero-order valence-electron chi connectivity index (χ0n) is 13.3. The van der Waals surface area contributed by atoms with Crippen LogP contribution in [0.4, 0.5) is 0 Å². The Labute approximate surface area is 164 Å². The van der Waals surface area contributed by atoms with Gasteiger partial charge >= 0.3 is 0 Å². The summed E-state index contributed by atoms with van der Waals surface area (Å²) in [6, 6.07) is 8.31. The van der Waals surface area contributed by atoms with Crippen molar-refractivity contribution in [1.82, 2.24) is 10.2 Å². The first-order valence-electron chi connectivity index (χ1n) is 7.45. The second-order valence-electron chi connectivity index (χ2n) is 5.35. The van der Waals surface area contributed by atoms with Crippen molar-refractivity contribution in [2.45, 2.75) is 0 Å². The van der Waals surface area contributed by atoms with E-state index in [2.05, 4.69) is 11.9 Å². The summed E-state index contributed by atoms with van der Waals surface area (Å²) in [5.41, 5.74) is 0.524. The van der Waals surface area contributed by atoms with E-state index in [1.807, 2.05) is 0 Å². The van der Waals surface area contributed by atoms with Crippen LogP contribution in [-0.4, -0.2) is 28.4 Å². The van der Waals surface area contributed by atoms with Crippen LogP contribution in [0.1, 0.15) is 5.76 Å². The topological polar surface area (TPSA) is 62.6 Å². The molecule has 0 saturated carbocycles. The number of rotatable bonds is 4. The number of benzene rings is 1. The third kappa shape index (κ3) is 3.58. The van der Waals surface area contributed by atoms with E-state index in [1.54, 1.807) is 30.3 Å². The normalized spacial score (nSPS) is 16.2. The molecule has 0 atom stereocenters. The second-order valence-corrected chi connectivity index (χ2v) is 6.58. The van der Waals surface area contributed by atoms with Crippen LogP contribution in [0.5, 0.6) is 0 Å². The highest BCUT2D eigenvalue weighted by molar-refractivity contribution is 7.80. The van der Waals surface area contributed by atoms with Crippen LogP contribution in [0.2, 0.25) is 10.0 Å². The molecule has 26 heavy (non-hydrogen) atoms. The molecule has 1 fully saturated rings. The molecule has 1 N–H and O–H groups in total. The molecule has 5 nitrogen and oxygen atoms in total. The number of halogens is 2. The van der Waals surface area contributed by atoms with Crippen molar-refractivity contribution in [2.24, 2.45) is 0 Å². The summed E-state index contributed by atoms with van der Waals surface area (Å²) in [5.74, 6) is -0.316. The maximum absolute atomic E-state index is 12.5. The first-order valence-corrected chi connectivity index (χ1v) is 8.62. The Hall–Kier alpha value is -2.41. The fourth-order valence-corrected chi connectivity index (χ4v) is 3.03. The predicted molar refractivity (Wildman–Crippen MR) is 105 cm³/mol. The summed E-state index contributed by atoms with van der Waals surface area (Å²) in [6.07, 6.45) is 2.88. The van der Waals surface area contributed by atoms with Crippen molar-refractivity contribution in [3.05, 3.63) is 64.4 Å². The summed E-state index contributed by atoms with van der Waals surface area (Å²) in [7, 11) is 0. The summed E-state index contributed by atoms with van der Waals surface area (Å²) in [5, 5.41) is 3.50. The van der Waals surface area contributed by atoms with Gasteiger partial charge in [-0.25, -0.2) is 0 Å². The van der Waals surface area contributed by atoms with Crippen molar-refractivity contribution >= 4 is 58.4 Å². The van der Waals surface area contributed by atoms with Gasteiger partial charge in [0, 0.05) is 17.1 Å². The average Bonchev–Trinajstić information content (AvgIpc) is 3.06. The molecule has 1 saturated heterocycles. The van der Waals surface area contributed by atoms with Gasteiger partial charge in [0.2, 0.25) is 0 Å². The Bertz CT molecular complexity index is 965. The quantitative estimate of drug-likeness (QED) is 0.359. The zero-order valence-corrected chi connectivity index (χ0v) is 15.6. The van der Waals surface area contributed by atoms with E-state index in [0.717, 1.165) is 0 Å². The van der Waals surface area contributed by atoms with E-state index in [9.17, 15) is 9.59 Å². The molecule has 1 aromatic heterocycles. The molecule has 2 aromatic rings. The summed E-state index contributed by atoms with van der Waals surface area (Å²) >= 11 is 17.2. The SMILES string of the molecule is C=CCN1C(=O)C(=Cc2ccc(-c3cc(Cl)ccc3Cl)o2)C(=O)NC1=S. The third-order valence-electron chi connectivity index (χ3n) is 3.60. The molecule has 132 valence electrons. The number of carbonyl (C=O) groups excluding carboxylic acids is 2. The van der Waals surface area contributed by atoms with Crippen molar-refractivity contribution in [3.63, 3.8) is 0 Å². The molecule has 1 aromatic carbocycles. The van der Waals surface area contributed by atoms with Gasteiger partial charge in [-0.2, -0.15) is 0 Å². The molecule has 3 rings (SSSR count). The van der Waals surface area contributed by atoms with Gasteiger partial charge in [-0.15, -0.1) is 6.58 Å². The van der Waals surface area contributed by atoms with Gasteiger partial charge in [0.25, 0.3) is 11.8 Å². The Kier molecular flexibility index (Phi) is 5.27. The lowest BCUT2D eigenvalue weighted by molar-refractivity contribution is -0.128. The smallest absolute Gasteiger partial charge is 0.266 e. The summed E-state index contributed by atoms with van der Waals surface area (Å²) in [4.78, 5) is 25.9. The van der Waals surface area contributed by atoms with E-state index in [-0.39, 0.29) is 17.2 Å². The first kappa shape index (κ1) is 18.4. The molecule has 2 heterocycles. The van der Waals surface area contributed by atoms with Crippen molar-refractivity contribution in [2.75, 3.05) is 6.54 Å². The third-order valence-corrected chi connectivity index (χ3v) is 4.49. The molecular weight excluding hydrogens is 395 g/mol. The van der Waals surface area contributed by atoms with Gasteiger partial charge in [-0.05, 0) is 48.6 Å². The van der Waals surface area contributed by atoms with E-state index >= 15 is 0 Å². The molecule has 0 unspecified atom stereocenters. The fourth-order valence-electron chi connectivity index (χ4n) is 2.39. The minimum absolute atomic E-state index is 0.0443. The number of carbonyl (C=O) groups is 2. The molecule has 2 amide bonds. The van der Waals surface area contributed by atoms with Gasteiger partial charge in [0.15, 0.2) is 5.11 Å². The van der Waals surface area contributed by atoms with E-state index in [0.29, 0.717) is 27.1 Å². The first-order chi connectivity index (χ1) is 12.4. The van der Waals surface area contributed by atoms with E-state index < -0.39 is 11.8 Å². The van der Waals surface area contributed by atoms with Crippen LogP contribution in [-0.2, 0) is 9.59 Å². The van der Waals surface area contributed by atoms with Gasteiger partial charge in [0.1, 0.15) is 17.1 Å². The number of hydrogen-bond donors (Lipinski definition) is 1. The van der Waals surface area contributed by atoms with Gasteiger partial charge in [0.05, 0.1) is 5.02 Å². The molecule has 1 aliphatic rings. The van der Waals surface area contributed by atoms with Crippen LogP contribution in [0.3, 0.4) is 0 Å². The fraction of sp³-hybridized carbons (Fsp3) is 0.0556. The Morgan fingerprint density at radius 2 is 2.00 bits per heavy atom. The van der Waals surface area contributed by atoms with Gasteiger partial charge in [-0.1, -0.05) is 29.3 Å². The minimum Gasteiger partial charge on any atom is -0.457 e. The second kappa shape index (κ2) is 7.45. The van der Waals surface area contributed by atoms with E-state index in [1.165, 1.54) is 17.1 Å². The van der Waals surface area contributed by atoms with Crippen LogP contribution >= 0.6 is 35.4 Å². The Morgan fingerprint density at radius 3 is 2.73 bits per heavy atom. The van der Waals surface area contributed by atoms with Crippen LogP contribution in [0, 0.1) is 0 Å². The lowest BCUT2D eigenvalue weighted by Crippen LogP contribution is -2.53. The lowest BCUT2D eigenvalue weighted by atomic mass is 10.1. The molecule has 0 spiro atoms. The highest BCUT2D eigenvalue weighted by atomic mass is 35.5. The minimum atomic E-state index is -0.584. The number of amides is 2. The van der Waals surface area contributed by atoms with Gasteiger partial charge < -0.3 is 4.42 Å². The monoisotopic (exact) mass is 406 g/mol. The number of thiocarbonyl (C=S) groups is 1. The molecule has 1 aliphatic heterocycles. The lowest BCUT2D eigenvalue weighted by Gasteiger charge is -2.27. The maximum atomic E-state index is 12.5. The standard InChI is InChI=1S/C18H12Cl2N2O3S/c1-2-7-22-17(24)13(16(23)21-18(22)26)9-11-4-6-15(25-11)12-8-10(19)3-5-14(12)20/h2-6,8-9H,1,7H2,(H,21,23,26). The molecule has 0 bridgehead atoms. The Balaban J connectivity index is 1.95. The van der Waals surface area contributed by atoms with Crippen molar-refractivity contribution in [3.8, 4) is 11.3 Å². The van der Waals surface area contributed by atoms with Crippen LogP contribution in [0.15, 0.2) is 53.0 Å². The molecule has 0 aliphatic carbocycles. The number of furan rings is 1. The molecular formula is C18H12Cl2N2O3S. The van der Waals surface area contributed by atoms with Crippen molar-refractivity contribution < 1.29 is 14.0 Å². The zero-order chi connectivity index (χ0) is 18.8. The number of nitrogens with zero attached hydrogens (tertiary/aromatic N) is 1. The predicted octanol–water partition coefficient (Wildman–Crippen LogP) is 4.07. The Morgan fingerprint density at radius 1 is 1.23 bits per heavy atom. The summed E-state index contributed by atoms with van der Waals surface area (Å²) in [6.45, 7) is 3.77. The number of nitrogens with one attached hydrogen (secondary N) is 1. The maximum Gasteiger partial charge on any atom is 0.266 e. The van der Waals surface area contributed by atoms with Crippen LogP contribution in [0.25, 0.3) is 17.4 Å². The summed E-state index contributed by atoms with van der Waals surface area (Å²) < 4.78 is 5.70. The van der Waals surface area contributed by atoms with Crippen molar-refractivity contribution in [1.29, 1.82) is 0 Å². The highest BCUT2D eigenvalue weighted by Gasteiger charge is 2.32.